The third-order valence-electron chi connectivity index (χ3n) is 1.53. The third-order valence-corrected chi connectivity index (χ3v) is 2.31. The monoisotopic (exact) mass is 310 g/mol. The van der Waals surface area contributed by atoms with E-state index >= 15 is 0 Å². The molecule has 0 N–H and O–H groups in total. The fraction of sp³-hybridized carbons (Fsp3) is 0.250. The molecule has 0 saturated carbocycles. The van der Waals surface area contributed by atoms with E-state index < -0.39 is 12.0 Å². The lowest BCUT2D eigenvalue weighted by Crippen LogP contribution is -1.99. The van der Waals surface area contributed by atoms with Gasteiger partial charge >= 0.3 is 0 Å². The Labute approximate surface area is 92.8 Å². The van der Waals surface area contributed by atoms with Gasteiger partial charge in [0.05, 0.1) is 12.7 Å². The van der Waals surface area contributed by atoms with Crippen molar-refractivity contribution >= 4 is 22.6 Å². The van der Waals surface area contributed by atoms with E-state index in [1.807, 2.05) is 22.6 Å². The van der Waals surface area contributed by atoms with Crippen molar-refractivity contribution in [3.05, 3.63) is 21.0 Å². The maximum absolute atomic E-state index is 12.4. The van der Waals surface area contributed by atoms with E-state index in [-0.39, 0.29) is 11.4 Å². The maximum Gasteiger partial charge on any atom is 0.266 e. The first-order chi connectivity index (χ1) is 6.60. The van der Waals surface area contributed by atoms with Crippen LogP contribution in [0.5, 0.6) is 5.75 Å². The Hall–Kier alpha value is -0.970. The average molecular weight is 310 g/mol. The second kappa shape index (κ2) is 4.50. The molecular weight excluding hydrogens is 305 g/mol. The molecule has 0 spiro atoms. The zero-order chi connectivity index (χ0) is 10.7. The van der Waals surface area contributed by atoms with Gasteiger partial charge in [-0.3, -0.25) is 0 Å². The number of ether oxygens (including phenoxy) is 1. The number of methoxy groups -OCH3 is 1. The standard InChI is InChI=1S/C8H5F2IN2O/c1-14-6-2-4(7(9)10)5(3-12)13-8(6)11/h2,7H,1H3. The van der Waals surface area contributed by atoms with Crippen LogP contribution in [0.1, 0.15) is 17.7 Å². The summed E-state index contributed by atoms with van der Waals surface area (Å²) in [6.45, 7) is 0. The molecule has 0 bridgehead atoms. The molecule has 0 aliphatic rings. The molecule has 1 aromatic heterocycles. The summed E-state index contributed by atoms with van der Waals surface area (Å²) in [7, 11) is 1.36. The lowest BCUT2D eigenvalue weighted by atomic mass is 10.2. The first-order valence-corrected chi connectivity index (χ1v) is 4.60. The minimum Gasteiger partial charge on any atom is -0.494 e. The van der Waals surface area contributed by atoms with Gasteiger partial charge in [-0.1, -0.05) is 0 Å². The van der Waals surface area contributed by atoms with Gasteiger partial charge in [0.15, 0.2) is 11.4 Å². The average Bonchev–Trinajstić information content (AvgIpc) is 2.16. The predicted octanol–water partition coefficient (Wildman–Crippen LogP) is 2.50. The molecule has 0 unspecified atom stereocenters. The minimum atomic E-state index is -2.72. The van der Waals surface area contributed by atoms with Gasteiger partial charge < -0.3 is 4.74 Å². The summed E-state index contributed by atoms with van der Waals surface area (Å²) in [5.74, 6) is 0.250. The van der Waals surface area contributed by atoms with Crippen molar-refractivity contribution in [3.63, 3.8) is 0 Å². The SMILES string of the molecule is COc1cc(C(F)F)c(C#N)nc1I. The molecule has 1 heterocycles. The molecule has 74 valence electrons. The van der Waals surface area contributed by atoms with Crippen LogP contribution >= 0.6 is 22.6 Å². The number of nitriles is 1. The highest BCUT2D eigenvalue weighted by molar-refractivity contribution is 14.1. The number of hydrogen-bond acceptors (Lipinski definition) is 3. The Morgan fingerprint density at radius 1 is 1.64 bits per heavy atom. The number of hydrogen-bond donors (Lipinski definition) is 0. The van der Waals surface area contributed by atoms with E-state index in [2.05, 4.69) is 4.98 Å². The topological polar surface area (TPSA) is 45.9 Å². The van der Waals surface area contributed by atoms with Crippen LogP contribution in [0.25, 0.3) is 0 Å². The smallest absolute Gasteiger partial charge is 0.266 e. The van der Waals surface area contributed by atoms with Crippen LogP contribution in [0.3, 0.4) is 0 Å². The number of pyridine rings is 1. The Balaban J connectivity index is 3.34. The quantitative estimate of drug-likeness (QED) is 0.623. The number of rotatable bonds is 2. The summed E-state index contributed by atoms with van der Waals surface area (Å²) in [6, 6.07) is 2.75. The summed E-state index contributed by atoms with van der Waals surface area (Å²) in [4.78, 5) is 3.70. The maximum atomic E-state index is 12.4. The summed E-state index contributed by atoms with van der Waals surface area (Å²) in [5.41, 5.74) is -0.657. The van der Waals surface area contributed by atoms with Gasteiger partial charge in [-0.15, -0.1) is 0 Å². The first-order valence-electron chi connectivity index (χ1n) is 3.52. The second-order valence-electron chi connectivity index (χ2n) is 2.33. The van der Waals surface area contributed by atoms with Crippen molar-refractivity contribution in [1.29, 1.82) is 5.26 Å². The normalized spacial score (nSPS) is 10.0. The molecule has 0 atom stereocenters. The van der Waals surface area contributed by atoms with Gasteiger partial charge in [-0.2, -0.15) is 5.26 Å². The van der Waals surface area contributed by atoms with E-state index in [1.54, 1.807) is 6.07 Å². The first kappa shape index (κ1) is 11.1. The minimum absolute atomic E-state index is 0.250. The van der Waals surface area contributed by atoms with Crippen LogP contribution in [-0.4, -0.2) is 12.1 Å². The van der Waals surface area contributed by atoms with E-state index in [0.29, 0.717) is 3.70 Å². The molecule has 1 rings (SSSR count). The number of halogens is 3. The van der Waals surface area contributed by atoms with E-state index in [0.717, 1.165) is 6.07 Å². The van der Waals surface area contributed by atoms with Gasteiger partial charge in [-0.05, 0) is 28.7 Å². The molecule has 1 aromatic rings. The van der Waals surface area contributed by atoms with Crippen LogP contribution in [0.15, 0.2) is 6.07 Å². The summed E-state index contributed by atoms with van der Waals surface area (Å²) in [5, 5.41) is 8.57. The summed E-state index contributed by atoms with van der Waals surface area (Å²) < 4.78 is 30.0. The number of nitrogens with zero attached hydrogens (tertiary/aromatic N) is 2. The van der Waals surface area contributed by atoms with Crippen LogP contribution in [0, 0.1) is 15.0 Å². The second-order valence-corrected chi connectivity index (χ2v) is 3.35. The Morgan fingerprint density at radius 3 is 2.71 bits per heavy atom. The Morgan fingerprint density at radius 2 is 2.29 bits per heavy atom. The number of alkyl halides is 2. The molecule has 0 aliphatic heterocycles. The predicted molar refractivity (Wildman–Crippen MR) is 53.2 cm³/mol. The van der Waals surface area contributed by atoms with Crippen molar-refractivity contribution in [3.8, 4) is 11.8 Å². The van der Waals surface area contributed by atoms with Crippen molar-refractivity contribution in [2.75, 3.05) is 7.11 Å². The Bertz CT molecular complexity index is 390. The molecule has 3 nitrogen and oxygen atoms in total. The lowest BCUT2D eigenvalue weighted by molar-refractivity contribution is 0.150. The molecule has 0 aromatic carbocycles. The summed E-state index contributed by atoms with van der Waals surface area (Å²) >= 11 is 1.82. The lowest BCUT2D eigenvalue weighted by Gasteiger charge is -2.06. The molecular formula is C8H5F2IN2O. The van der Waals surface area contributed by atoms with Crippen LogP contribution in [0.4, 0.5) is 8.78 Å². The fourth-order valence-corrected chi connectivity index (χ4v) is 1.50. The van der Waals surface area contributed by atoms with Crippen molar-refractivity contribution < 1.29 is 13.5 Å². The molecule has 0 fully saturated rings. The van der Waals surface area contributed by atoms with Crippen LogP contribution in [0.2, 0.25) is 0 Å². The van der Waals surface area contributed by atoms with Crippen molar-refractivity contribution in [2.45, 2.75) is 6.43 Å². The number of aromatic nitrogens is 1. The Kier molecular flexibility index (Phi) is 3.57. The zero-order valence-corrected chi connectivity index (χ0v) is 9.25. The van der Waals surface area contributed by atoms with E-state index in [9.17, 15) is 8.78 Å². The highest BCUT2D eigenvalue weighted by Crippen LogP contribution is 2.28. The van der Waals surface area contributed by atoms with Gasteiger partial charge in [0.25, 0.3) is 6.43 Å². The highest BCUT2D eigenvalue weighted by atomic mass is 127. The molecule has 0 amide bonds. The molecule has 0 aliphatic carbocycles. The largest absolute Gasteiger partial charge is 0.494 e. The van der Waals surface area contributed by atoms with E-state index in [4.69, 9.17) is 10.00 Å². The van der Waals surface area contributed by atoms with Crippen LogP contribution < -0.4 is 4.74 Å². The molecule has 0 radical (unpaired) electrons. The van der Waals surface area contributed by atoms with Gasteiger partial charge in [0.2, 0.25) is 0 Å². The zero-order valence-electron chi connectivity index (χ0n) is 7.09. The third kappa shape index (κ3) is 2.09. The van der Waals surface area contributed by atoms with Gasteiger partial charge in [0, 0.05) is 0 Å². The van der Waals surface area contributed by atoms with Crippen molar-refractivity contribution in [2.24, 2.45) is 0 Å². The van der Waals surface area contributed by atoms with Gasteiger partial charge in [-0.25, -0.2) is 13.8 Å². The molecule has 14 heavy (non-hydrogen) atoms. The van der Waals surface area contributed by atoms with Gasteiger partial charge in [0.1, 0.15) is 9.77 Å². The highest BCUT2D eigenvalue weighted by Gasteiger charge is 2.17. The summed E-state index contributed by atoms with van der Waals surface area (Å²) in [6.07, 6.45) is -2.72. The van der Waals surface area contributed by atoms with Crippen molar-refractivity contribution in [1.82, 2.24) is 4.98 Å². The molecule has 6 heteroatoms. The van der Waals surface area contributed by atoms with Crippen LogP contribution in [-0.2, 0) is 0 Å². The fourth-order valence-electron chi connectivity index (χ4n) is 0.886. The molecule has 0 saturated heterocycles. The van der Waals surface area contributed by atoms with E-state index in [1.165, 1.54) is 7.11 Å².